The van der Waals surface area contributed by atoms with Gasteiger partial charge in [-0.1, -0.05) is 30.3 Å². The summed E-state index contributed by atoms with van der Waals surface area (Å²) in [5.41, 5.74) is 1.23. The molecule has 0 aliphatic heterocycles. The molecule has 2 N–H and O–H groups in total. The van der Waals surface area contributed by atoms with Crippen LogP contribution < -0.4 is 5.56 Å². The third-order valence-corrected chi connectivity index (χ3v) is 4.17. The first-order valence-electron chi connectivity index (χ1n) is 7.84. The highest BCUT2D eigenvalue weighted by molar-refractivity contribution is 5.86. The summed E-state index contributed by atoms with van der Waals surface area (Å²) in [7, 11) is 0. The van der Waals surface area contributed by atoms with Crippen LogP contribution in [0, 0.1) is 0 Å². The van der Waals surface area contributed by atoms with Crippen LogP contribution in [0.15, 0.2) is 53.8 Å². The van der Waals surface area contributed by atoms with E-state index in [1.165, 1.54) is 17.1 Å². The molecule has 0 aliphatic carbocycles. The second-order valence-electron chi connectivity index (χ2n) is 5.78. The zero-order valence-corrected chi connectivity index (χ0v) is 13.7. The van der Waals surface area contributed by atoms with Crippen molar-refractivity contribution in [3.05, 3.63) is 70.5 Å². The standard InChI is InChI=1S/C17H14N6O3/c1-10(11-5-3-2-4-6-11)22-9-18-13-14(22)20-17(21-15(13)24)23-8-12(7-19-23)16(25)26/h2-10H,1H3,(H,25,26)(H,20,21,24). The number of nitrogens with one attached hydrogen (secondary N) is 1. The van der Waals surface area contributed by atoms with Crippen molar-refractivity contribution in [2.24, 2.45) is 0 Å². The van der Waals surface area contributed by atoms with Crippen LogP contribution in [0.25, 0.3) is 17.1 Å². The number of nitrogens with zero attached hydrogens (tertiary/aromatic N) is 5. The first-order valence-corrected chi connectivity index (χ1v) is 7.84. The quantitative estimate of drug-likeness (QED) is 0.577. The van der Waals surface area contributed by atoms with E-state index in [0.29, 0.717) is 5.65 Å². The van der Waals surface area contributed by atoms with E-state index in [2.05, 4.69) is 20.1 Å². The molecule has 4 rings (SSSR count). The molecule has 1 atom stereocenters. The fraction of sp³-hybridized carbons (Fsp3) is 0.118. The Morgan fingerprint density at radius 2 is 2.04 bits per heavy atom. The predicted octanol–water partition coefficient (Wildman–Crippen LogP) is 1.61. The molecule has 0 saturated carbocycles. The molecule has 1 unspecified atom stereocenters. The molecule has 0 amide bonds. The maximum absolute atomic E-state index is 12.4. The van der Waals surface area contributed by atoms with Crippen LogP contribution in [0.4, 0.5) is 0 Å². The van der Waals surface area contributed by atoms with Gasteiger partial charge in [0.05, 0.1) is 24.1 Å². The number of imidazole rings is 1. The van der Waals surface area contributed by atoms with E-state index in [4.69, 9.17) is 5.11 Å². The van der Waals surface area contributed by atoms with Crippen LogP contribution in [-0.4, -0.2) is 40.4 Å². The summed E-state index contributed by atoms with van der Waals surface area (Å²) in [5.74, 6) is -0.987. The Morgan fingerprint density at radius 3 is 2.73 bits per heavy atom. The van der Waals surface area contributed by atoms with Gasteiger partial charge in [-0.3, -0.25) is 9.78 Å². The SMILES string of the molecule is CC(c1ccccc1)n1cnc2c(=O)[nH]c(-n3cc(C(=O)O)cn3)nc21. The summed E-state index contributed by atoms with van der Waals surface area (Å²) in [6.45, 7) is 1.98. The minimum Gasteiger partial charge on any atom is -0.478 e. The van der Waals surface area contributed by atoms with Crippen LogP contribution >= 0.6 is 0 Å². The van der Waals surface area contributed by atoms with Crippen LogP contribution in [0.5, 0.6) is 0 Å². The monoisotopic (exact) mass is 350 g/mol. The predicted molar refractivity (Wildman–Crippen MR) is 92.5 cm³/mol. The van der Waals surface area contributed by atoms with Crippen molar-refractivity contribution in [3.63, 3.8) is 0 Å². The minimum absolute atomic E-state index is 0.00101. The van der Waals surface area contributed by atoms with Crippen molar-refractivity contribution in [3.8, 4) is 5.95 Å². The molecule has 0 fully saturated rings. The Labute approximate surface area is 146 Å². The molecule has 9 heteroatoms. The first-order chi connectivity index (χ1) is 12.5. The molecular formula is C17H14N6O3. The van der Waals surface area contributed by atoms with Gasteiger partial charge in [0.2, 0.25) is 5.95 Å². The Hall–Kier alpha value is -3.75. The highest BCUT2D eigenvalue weighted by Gasteiger charge is 2.17. The Kier molecular flexibility index (Phi) is 3.61. The Bertz CT molecular complexity index is 1160. The highest BCUT2D eigenvalue weighted by atomic mass is 16.4. The molecule has 0 radical (unpaired) electrons. The van der Waals surface area contributed by atoms with E-state index < -0.39 is 11.5 Å². The number of carboxylic acid groups (broad SMARTS) is 1. The van der Waals surface area contributed by atoms with Crippen molar-refractivity contribution in [1.82, 2.24) is 29.3 Å². The molecule has 26 heavy (non-hydrogen) atoms. The van der Waals surface area contributed by atoms with Crippen molar-refractivity contribution < 1.29 is 9.90 Å². The molecular weight excluding hydrogens is 336 g/mol. The fourth-order valence-corrected chi connectivity index (χ4v) is 2.75. The van der Waals surface area contributed by atoms with Gasteiger partial charge in [0.1, 0.15) is 0 Å². The van der Waals surface area contributed by atoms with Gasteiger partial charge >= 0.3 is 5.97 Å². The van der Waals surface area contributed by atoms with Gasteiger partial charge in [-0.2, -0.15) is 10.1 Å². The highest BCUT2D eigenvalue weighted by Crippen LogP contribution is 2.21. The summed E-state index contributed by atoms with van der Waals surface area (Å²) >= 11 is 0. The maximum atomic E-state index is 12.4. The lowest BCUT2D eigenvalue weighted by atomic mass is 10.1. The number of hydrogen-bond donors (Lipinski definition) is 2. The van der Waals surface area contributed by atoms with Gasteiger partial charge in [-0.25, -0.2) is 14.5 Å². The molecule has 9 nitrogen and oxygen atoms in total. The van der Waals surface area contributed by atoms with Crippen LogP contribution in [-0.2, 0) is 0 Å². The van der Waals surface area contributed by atoms with Gasteiger partial charge < -0.3 is 9.67 Å². The molecule has 0 aliphatic rings. The lowest BCUT2D eigenvalue weighted by molar-refractivity contribution is 0.0697. The first kappa shape index (κ1) is 15.8. The molecule has 0 saturated heterocycles. The van der Waals surface area contributed by atoms with Gasteiger partial charge in [0.25, 0.3) is 5.56 Å². The van der Waals surface area contributed by atoms with Crippen molar-refractivity contribution in [2.45, 2.75) is 13.0 Å². The van der Waals surface area contributed by atoms with E-state index in [0.717, 1.165) is 5.56 Å². The molecule has 1 aromatic carbocycles. The fourth-order valence-electron chi connectivity index (χ4n) is 2.75. The van der Waals surface area contributed by atoms with Gasteiger partial charge in [-0.05, 0) is 12.5 Å². The van der Waals surface area contributed by atoms with E-state index in [9.17, 15) is 9.59 Å². The maximum Gasteiger partial charge on any atom is 0.338 e. The van der Waals surface area contributed by atoms with Crippen molar-refractivity contribution in [2.75, 3.05) is 0 Å². The lowest BCUT2D eigenvalue weighted by Gasteiger charge is -2.14. The molecule has 4 aromatic rings. The summed E-state index contributed by atoms with van der Waals surface area (Å²) < 4.78 is 3.01. The average molecular weight is 350 g/mol. The number of aromatic carboxylic acids is 1. The molecule has 3 heterocycles. The van der Waals surface area contributed by atoms with Crippen LogP contribution in [0.1, 0.15) is 28.9 Å². The number of benzene rings is 1. The topological polar surface area (TPSA) is 119 Å². The summed E-state index contributed by atoms with van der Waals surface area (Å²) in [6, 6.07) is 9.69. The van der Waals surface area contributed by atoms with E-state index in [1.807, 2.05) is 37.3 Å². The largest absolute Gasteiger partial charge is 0.478 e. The molecule has 0 bridgehead atoms. The van der Waals surface area contributed by atoms with E-state index >= 15 is 0 Å². The van der Waals surface area contributed by atoms with E-state index in [1.54, 1.807) is 10.9 Å². The second kappa shape index (κ2) is 5.96. The summed E-state index contributed by atoms with van der Waals surface area (Å²) in [5, 5.41) is 13.0. The Morgan fingerprint density at radius 1 is 1.27 bits per heavy atom. The minimum atomic E-state index is -1.11. The lowest BCUT2D eigenvalue weighted by Crippen LogP contribution is -2.16. The van der Waals surface area contributed by atoms with Gasteiger partial charge in [0.15, 0.2) is 11.2 Å². The number of rotatable bonds is 4. The Balaban J connectivity index is 1.85. The number of aromatic amines is 1. The number of fused-ring (bicyclic) bond motifs is 1. The number of carboxylic acids is 1. The van der Waals surface area contributed by atoms with Crippen LogP contribution in [0.2, 0.25) is 0 Å². The van der Waals surface area contributed by atoms with Gasteiger partial charge in [0, 0.05) is 6.20 Å². The number of hydrogen-bond acceptors (Lipinski definition) is 5. The zero-order valence-electron chi connectivity index (χ0n) is 13.7. The third-order valence-electron chi connectivity index (χ3n) is 4.17. The van der Waals surface area contributed by atoms with Gasteiger partial charge in [-0.15, -0.1) is 0 Å². The average Bonchev–Trinajstić information content (AvgIpc) is 3.29. The number of carbonyl (C=O) groups is 1. The zero-order chi connectivity index (χ0) is 18.3. The smallest absolute Gasteiger partial charge is 0.338 e. The number of aromatic nitrogens is 6. The van der Waals surface area contributed by atoms with Crippen LogP contribution in [0.3, 0.4) is 0 Å². The number of H-pyrrole nitrogens is 1. The van der Waals surface area contributed by atoms with E-state index in [-0.39, 0.29) is 23.1 Å². The molecule has 130 valence electrons. The summed E-state index contributed by atoms with van der Waals surface area (Å²) in [4.78, 5) is 34.6. The molecule has 0 spiro atoms. The normalized spacial score (nSPS) is 12.3. The second-order valence-corrected chi connectivity index (χ2v) is 5.78. The van der Waals surface area contributed by atoms with Crippen molar-refractivity contribution >= 4 is 17.1 Å². The van der Waals surface area contributed by atoms with Crippen molar-refractivity contribution in [1.29, 1.82) is 0 Å². The molecule has 3 aromatic heterocycles. The third kappa shape index (κ3) is 2.55. The summed E-state index contributed by atoms with van der Waals surface area (Å²) in [6.07, 6.45) is 4.05.